The van der Waals surface area contributed by atoms with Crippen molar-refractivity contribution in [1.29, 1.82) is 0 Å². The first-order valence-electron chi connectivity index (χ1n) is 10.2. The molecule has 0 spiro atoms. The van der Waals surface area contributed by atoms with Crippen LogP contribution in [-0.4, -0.2) is 46.9 Å². The molecule has 0 aliphatic heterocycles. The van der Waals surface area contributed by atoms with Gasteiger partial charge in [-0.2, -0.15) is 0 Å². The lowest BCUT2D eigenvalue weighted by molar-refractivity contribution is 0.322. The van der Waals surface area contributed by atoms with Crippen molar-refractivity contribution < 1.29 is 14.2 Å². The summed E-state index contributed by atoms with van der Waals surface area (Å²) in [6.45, 7) is 4.49. The van der Waals surface area contributed by atoms with Crippen LogP contribution in [0, 0.1) is 0 Å². The monoisotopic (exact) mass is 517 g/mol. The minimum Gasteiger partial charge on any atom is -0.493 e. The van der Waals surface area contributed by atoms with Crippen LogP contribution in [0.3, 0.4) is 0 Å². The van der Waals surface area contributed by atoms with Crippen molar-refractivity contribution in [3.8, 4) is 17.2 Å². The van der Waals surface area contributed by atoms with E-state index >= 15 is 0 Å². The molecule has 6 nitrogen and oxygen atoms in total. The fourth-order valence-electron chi connectivity index (χ4n) is 3.46. The maximum absolute atomic E-state index is 5.56. The molecule has 2 rings (SSSR count). The smallest absolute Gasteiger partial charge is 0.203 e. The van der Waals surface area contributed by atoms with E-state index in [9.17, 15) is 0 Å². The predicted octanol–water partition coefficient (Wildman–Crippen LogP) is 4.32. The number of rotatable bonds is 10. The van der Waals surface area contributed by atoms with Crippen LogP contribution in [0.2, 0.25) is 0 Å². The van der Waals surface area contributed by atoms with Crippen LogP contribution in [0.1, 0.15) is 44.6 Å². The van der Waals surface area contributed by atoms with Gasteiger partial charge in [0.05, 0.1) is 21.3 Å². The lowest BCUT2D eigenvalue weighted by Crippen LogP contribution is -2.38. The van der Waals surface area contributed by atoms with Crippen LogP contribution >= 0.6 is 24.0 Å². The Hall–Kier alpha value is -1.64. The van der Waals surface area contributed by atoms with Gasteiger partial charge in [0, 0.05) is 25.2 Å². The van der Waals surface area contributed by atoms with E-state index in [4.69, 9.17) is 19.2 Å². The van der Waals surface area contributed by atoms with E-state index in [0.29, 0.717) is 23.8 Å². The Morgan fingerprint density at radius 3 is 2.41 bits per heavy atom. The summed E-state index contributed by atoms with van der Waals surface area (Å²) in [4.78, 5) is 4.71. The van der Waals surface area contributed by atoms with Gasteiger partial charge in [0.15, 0.2) is 17.5 Å². The number of nitrogens with one attached hydrogen (secondary N) is 2. The summed E-state index contributed by atoms with van der Waals surface area (Å²) < 4.78 is 16.4. The van der Waals surface area contributed by atoms with Gasteiger partial charge >= 0.3 is 0 Å². The van der Waals surface area contributed by atoms with Gasteiger partial charge in [-0.05, 0) is 51.5 Å². The first-order chi connectivity index (χ1) is 13.7. The molecule has 2 N–H and O–H groups in total. The molecule has 0 atom stereocenters. The molecule has 0 fully saturated rings. The zero-order chi connectivity index (χ0) is 20.2. The largest absolute Gasteiger partial charge is 0.493 e. The second-order valence-electron chi connectivity index (χ2n) is 6.79. The molecule has 0 aromatic heterocycles. The van der Waals surface area contributed by atoms with E-state index < -0.39 is 0 Å². The van der Waals surface area contributed by atoms with E-state index in [2.05, 4.69) is 23.6 Å². The Kier molecular flexibility index (Phi) is 12.6. The topological polar surface area (TPSA) is 64.1 Å². The van der Waals surface area contributed by atoms with E-state index in [1.165, 1.54) is 25.7 Å². The average molecular weight is 517 g/mol. The Morgan fingerprint density at radius 2 is 1.79 bits per heavy atom. The number of nitrogens with zero attached hydrogens (tertiary/aromatic N) is 1. The molecule has 0 radical (unpaired) electrons. The van der Waals surface area contributed by atoms with Crippen molar-refractivity contribution in [3.05, 3.63) is 29.3 Å². The van der Waals surface area contributed by atoms with Gasteiger partial charge in [-0.3, -0.25) is 4.99 Å². The highest BCUT2D eigenvalue weighted by molar-refractivity contribution is 14.0. The van der Waals surface area contributed by atoms with E-state index in [-0.39, 0.29) is 24.0 Å². The molecule has 0 heterocycles. The summed E-state index contributed by atoms with van der Waals surface area (Å²) >= 11 is 0. The second-order valence-corrected chi connectivity index (χ2v) is 6.79. The molecule has 29 heavy (non-hydrogen) atoms. The van der Waals surface area contributed by atoms with Crippen LogP contribution in [0.4, 0.5) is 0 Å². The zero-order valence-electron chi connectivity index (χ0n) is 18.2. The summed E-state index contributed by atoms with van der Waals surface area (Å²) in [7, 11) is 4.89. The maximum atomic E-state index is 5.56. The SMILES string of the molecule is CCNC(=NCCc1ccc(OC)c(OC)c1OC)NCCC1=CCCCC1.I. The van der Waals surface area contributed by atoms with Crippen LogP contribution in [0.5, 0.6) is 17.2 Å². The highest BCUT2D eigenvalue weighted by Gasteiger charge is 2.15. The molecule has 1 aromatic rings. The minimum absolute atomic E-state index is 0. The Labute approximate surface area is 192 Å². The van der Waals surface area contributed by atoms with Gasteiger partial charge in [0.2, 0.25) is 5.75 Å². The Bertz CT molecular complexity index is 678. The number of hydrogen-bond acceptors (Lipinski definition) is 4. The molecule has 0 saturated heterocycles. The fourth-order valence-corrected chi connectivity index (χ4v) is 3.46. The average Bonchev–Trinajstić information content (AvgIpc) is 2.73. The van der Waals surface area contributed by atoms with Gasteiger partial charge in [0.25, 0.3) is 0 Å². The number of guanidine groups is 1. The van der Waals surface area contributed by atoms with Crippen molar-refractivity contribution in [2.24, 2.45) is 4.99 Å². The van der Waals surface area contributed by atoms with Gasteiger partial charge in [0.1, 0.15) is 0 Å². The quantitative estimate of drug-likeness (QED) is 0.210. The molecule has 0 amide bonds. The molecule has 164 valence electrons. The van der Waals surface area contributed by atoms with Gasteiger partial charge < -0.3 is 24.8 Å². The molecule has 0 unspecified atom stereocenters. The van der Waals surface area contributed by atoms with Gasteiger partial charge in [-0.15, -0.1) is 24.0 Å². The number of halogens is 1. The first-order valence-corrected chi connectivity index (χ1v) is 10.2. The summed E-state index contributed by atoms with van der Waals surface area (Å²) in [6.07, 6.45) is 9.39. The lowest BCUT2D eigenvalue weighted by atomic mass is 9.97. The van der Waals surface area contributed by atoms with Crippen LogP contribution in [0.25, 0.3) is 0 Å². The van der Waals surface area contributed by atoms with Crippen LogP contribution in [0.15, 0.2) is 28.8 Å². The molecule has 0 saturated carbocycles. The van der Waals surface area contributed by atoms with E-state index in [1.807, 2.05) is 12.1 Å². The number of aliphatic imine (C=N–C) groups is 1. The third kappa shape index (κ3) is 7.95. The number of methoxy groups -OCH3 is 3. The zero-order valence-corrected chi connectivity index (χ0v) is 20.5. The number of hydrogen-bond donors (Lipinski definition) is 2. The third-order valence-electron chi connectivity index (χ3n) is 4.90. The van der Waals surface area contributed by atoms with Crippen molar-refractivity contribution in [2.75, 3.05) is 41.0 Å². The first kappa shape index (κ1) is 25.4. The standard InChI is InChI=1S/C22H35N3O3.HI/c1-5-23-22(24-15-13-17-9-7-6-8-10-17)25-16-14-18-11-12-19(26-2)21(28-4)20(18)27-3;/h9,11-12H,5-8,10,13-16H2,1-4H3,(H2,23,24,25);1H. The third-order valence-corrected chi connectivity index (χ3v) is 4.90. The van der Waals surface area contributed by atoms with Crippen molar-refractivity contribution in [1.82, 2.24) is 10.6 Å². The molecule has 1 aliphatic carbocycles. The van der Waals surface area contributed by atoms with Gasteiger partial charge in [-0.25, -0.2) is 0 Å². The number of ether oxygens (including phenoxy) is 3. The Morgan fingerprint density at radius 1 is 1.00 bits per heavy atom. The maximum Gasteiger partial charge on any atom is 0.203 e. The molecule has 7 heteroatoms. The van der Waals surface area contributed by atoms with E-state index in [0.717, 1.165) is 37.5 Å². The van der Waals surface area contributed by atoms with E-state index in [1.54, 1.807) is 26.9 Å². The van der Waals surface area contributed by atoms with Crippen molar-refractivity contribution >= 4 is 29.9 Å². The van der Waals surface area contributed by atoms with Crippen molar-refractivity contribution in [2.45, 2.75) is 45.4 Å². The summed E-state index contributed by atoms with van der Waals surface area (Å²) in [5, 5.41) is 6.77. The Balaban J connectivity index is 0.00000420. The normalized spacial score (nSPS) is 13.8. The van der Waals surface area contributed by atoms with Crippen molar-refractivity contribution in [3.63, 3.8) is 0 Å². The highest BCUT2D eigenvalue weighted by atomic mass is 127. The summed E-state index contributed by atoms with van der Waals surface area (Å²) in [5.74, 6) is 2.86. The van der Waals surface area contributed by atoms with Crippen LogP contribution < -0.4 is 24.8 Å². The predicted molar refractivity (Wildman–Crippen MR) is 130 cm³/mol. The molecular weight excluding hydrogens is 481 g/mol. The van der Waals surface area contributed by atoms with Gasteiger partial charge in [-0.1, -0.05) is 17.7 Å². The summed E-state index contributed by atoms with van der Waals surface area (Å²) in [5.41, 5.74) is 2.62. The molecule has 0 bridgehead atoms. The minimum atomic E-state index is 0. The lowest BCUT2D eigenvalue weighted by Gasteiger charge is -2.16. The number of benzene rings is 1. The van der Waals surface area contributed by atoms with Crippen LogP contribution in [-0.2, 0) is 6.42 Å². The highest BCUT2D eigenvalue weighted by Crippen LogP contribution is 2.39. The fraction of sp³-hybridized carbons (Fsp3) is 0.591. The summed E-state index contributed by atoms with van der Waals surface area (Å²) in [6, 6.07) is 3.91. The molecular formula is C22H36IN3O3. The second kappa shape index (κ2) is 14.4. The number of allylic oxidation sites excluding steroid dienone is 1. The molecule has 1 aromatic carbocycles. The molecule has 1 aliphatic rings.